The van der Waals surface area contributed by atoms with Gasteiger partial charge >= 0.3 is 0 Å². The Bertz CT molecular complexity index is 49.8. The third-order valence-electron chi connectivity index (χ3n) is 1.82. The van der Waals surface area contributed by atoms with Gasteiger partial charge < -0.3 is 9.47 Å². The van der Waals surface area contributed by atoms with Gasteiger partial charge in [0.05, 0.1) is 0 Å². The first-order chi connectivity index (χ1) is 4.24. The molecule has 0 radical (unpaired) electrons. The van der Waals surface area contributed by atoms with Gasteiger partial charge in [-0.15, -0.1) is 0 Å². The second kappa shape index (κ2) is 3.85. The molecule has 0 bridgehead atoms. The largest absolute Gasteiger partial charge is 0.353 e. The SMILES string of the molecule is CCC(CC)(OC)OC. The maximum absolute atomic E-state index is 5.16. The summed E-state index contributed by atoms with van der Waals surface area (Å²) in [6.45, 7) is 4.10. The summed E-state index contributed by atoms with van der Waals surface area (Å²) in [7, 11) is 3.35. The molecule has 0 saturated heterocycles. The van der Waals surface area contributed by atoms with Crippen molar-refractivity contribution in [2.24, 2.45) is 0 Å². The predicted octanol–water partition coefficient (Wildman–Crippen LogP) is 1.80. The summed E-state index contributed by atoms with van der Waals surface area (Å²) < 4.78 is 10.3. The average molecular weight is 132 g/mol. The number of hydrogen-bond acceptors (Lipinski definition) is 2. The molecule has 0 aliphatic rings. The first kappa shape index (κ1) is 8.92. The van der Waals surface area contributed by atoms with E-state index in [9.17, 15) is 0 Å². The van der Waals surface area contributed by atoms with E-state index < -0.39 is 0 Å². The number of methoxy groups -OCH3 is 2. The van der Waals surface area contributed by atoms with Crippen LogP contribution in [0.3, 0.4) is 0 Å². The molecule has 0 aliphatic carbocycles. The van der Waals surface area contributed by atoms with Crippen molar-refractivity contribution in [3.8, 4) is 0 Å². The van der Waals surface area contributed by atoms with E-state index >= 15 is 0 Å². The molecular formula is C7H16O2. The van der Waals surface area contributed by atoms with Crippen LogP contribution in [0.1, 0.15) is 26.7 Å². The van der Waals surface area contributed by atoms with Crippen LogP contribution in [0.15, 0.2) is 0 Å². The van der Waals surface area contributed by atoms with Crippen LogP contribution in [-0.2, 0) is 9.47 Å². The van der Waals surface area contributed by atoms with E-state index in [0.29, 0.717) is 0 Å². The molecule has 56 valence electrons. The molecule has 9 heavy (non-hydrogen) atoms. The monoisotopic (exact) mass is 132 g/mol. The second-order valence-electron chi connectivity index (χ2n) is 2.03. The molecular weight excluding hydrogens is 116 g/mol. The summed E-state index contributed by atoms with van der Waals surface area (Å²) in [5.74, 6) is -0.333. The van der Waals surface area contributed by atoms with Gasteiger partial charge in [0.25, 0.3) is 0 Å². The lowest BCUT2D eigenvalue weighted by atomic mass is 10.1. The maximum atomic E-state index is 5.16. The second-order valence-corrected chi connectivity index (χ2v) is 2.03. The normalized spacial score (nSPS) is 12.0. The van der Waals surface area contributed by atoms with Gasteiger partial charge in [0.2, 0.25) is 0 Å². The zero-order valence-corrected chi connectivity index (χ0v) is 6.73. The Morgan fingerprint density at radius 2 is 1.33 bits per heavy atom. The minimum Gasteiger partial charge on any atom is -0.353 e. The lowest BCUT2D eigenvalue weighted by molar-refractivity contribution is -0.209. The van der Waals surface area contributed by atoms with Crippen LogP contribution < -0.4 is 0 Å². The smallest absolute Gasteiger partial charge is 0.166 e. The number of rotatable bonds is 4. The van der Waals surface area contributed by atoms with Gasteiger partial charge in [0.1, 0.15) is 0 Å². The van der Waals surface area contributed by atoms with Gasteiger partial charge in [0, 0.05) is 14.2 Å². The quantitative estimate of drug-likeness (QED) is 0.543. The molecule has 0 heterocycles. The molecule has 0 aromatic rings. The Morgan fingerprint density at radius 3 is 1.33 bits per heavy atom. The highest BCUT2D eigenvalue weighted by atomic mass is 16.7. The molecule has 0 aromatic carbocycles. The van der Waals surface area contributed by atoms with Crippen LogP contribution >= 0.6 is 0 Å². The first-order valence-corrected chi connectivity index (χ1v) is 3.35. The minimum absolute atomic E-state index is 0.333. The van der Waals surface area contributed by atoms with Crippen molar-refractivity contribution in [3.05, 3.63) is 0 Å². The number of hydrogen-bond donors (Lipinski definition) is 0. The molecule has 0 fully saturated rings. The van der Waals surface area contributed by atoms with Crippen molar-refractivity contribution < 1.29 is 9.47 Å². The van der Waals surface area contributed by atoms with Crippen LogP contribution in [0, 0.1) is 0 Å². The maximum Gasteiger partial charge on any atom is 0.166 e. The van der Waals surface area contributed by atoms with Crippen LogP contribution in [0.2, 0.25) is 0 Å². The Hall–Kier alpha value is -0.0800. The highest BCUT2D eigenvalue weighted by Gasteiger charge is 2.23. The lowest BCUT2D eigenvalue weighted by Gasteiger charge is -2.27. The summed E-state index contributed by atoms with van der Waals surface area (Å²) >= 11 is 0. The highest BCUT2D eigenvalue weighted by Crippen LogP contribution is 2.19. The highest BCUT2D eigenvalue weighted by molar-refractivity contribution is 4.62. The molecule has 0 aliphatic heterocycles. The molecule has 0 amide bonds. The Labute approximate surface area is 57.2 Å². The van der Waals surface area contributed by atoms with Gasteiger partial charge in [-0.05, 0) is 12.8 Å². The Morgan fingerprint density at radius 1 is 1.00 bits per heavy atom. The zero-order valence-electron chi connectivity index (χ0n) is 6.73. The third-order valence-corrected chi connectivity index (χ3v) is 1.82. The van der Waals surface area contributed by atoms with Crippen molar-refractivity contribution in [2.45, 2.75) is 32.5 Å². The summed E-state index contributed by atoms with van der Waals surface area (Å²) in [4.78, 5) is 0. The lowest BCUT2D eigenvalue weighted by Crippen LogP contribution is -2.31. The average Bonchev–Trinajstić information content (AvgIpc) is 1.95. The van der Waals surface area contributed by atoms with E-state index in [-0.39, 0.29) is 5.79 Å². The molecule has 0 rings (SSSR count). The van der Waals surface area contributed by atoms with Gasteiger partial charge in [-0.2, -0.15) is 0 Å². The van der Waals surface area contributed by atoms with Crippen molar-refractivity contribution in [3.63, 3.8) is 0 Å². The molecule has 0 saturated carbocycles. The van der Waals surface area contributed by atoms with Crippen LogP contribution in [-0.4, -0.2) is 20.0 Å². The molecule has 2 nitrogen and oxygen atoms in total. The van der Waals surface area contributed by atoms with Crippen LogP contribution in [0.25, 0.3) is 0 Å². The molecule has 0 N–H and O–H groups in total. The number of ether oxygens (including phenoxy) is 2. The van der Waals surface area contributed by atoms with E-state index in [1.807, 2.05) is 0 Å². The Kier molecular flexibility index (Phi) is 3.82. The third kappa shape index (κ3) is 1.95. The van der Waals surface area contributed by atoms with Gasteiger partial charge in [-0.3, -0.25) is 0 Å². The predicted molar refractivity (Wildman–Crippen MR) is 37.3 cm³/mol. The van der Waals surface area contributed by atoms with E-state index in [2.05, 4.69) is 13.8 Å². The molecule has 0 spiro atoms. The summed E-state index contributed by atoms with van der Waals surface area (Å²) in [6, 6.07) is 0. The van der Waals surface area contributed by atoms with Crippen molar-refractivity contribution >= 4 is 0 Å². The summed E-state index contributed by atoms with van der Waals surface area (Å²) in [5.41, 5.74) is 0. The standard InChI is InChI=1S/C7H16O2/c1-5-7(6-2,8-3)9-4/h5-6H2,1-4H3. The van der Waals surface area contributed by atoms with Crippen LogP contribution in [0.5, 0.6) is 0 Å². The fourth-order valence-electron chi connectivity index (χ4n) is 0.911. The molecule has 0 unspecified atom stereocenters. The van der Waals surface area contributed by atoms with E-state index in [1.165, 1.54) is 0 Å². The van der Waals surface area contributed by atoms with Crippen molar-refractivity contribution in [1.82, 2.24) is 0 Å². The van der Waals surface area contributed by atoms with Gasteiger partial charge in [-0.25, -0.2) is 0 Å². The fraction of sp³-hybridized carbons (Fsp3) is 1.00. The molecule has 0 aromatic heterocycles. The van der Waals surface area contributed by atoms with E-state index in [1.54, 1.807) is 14.2 Å². The van der Waals surface area contributed by atoms with Gasteiger partial charge in [-0.1, -0.05) is 13.8 Å². The van der Waals surface area contributed by atoms with E-state index in [4.69, 9.17) is 9.47 Å². The Balaban J connectivity index is 3.82. The van der Waals surface area contributed by atoms with Crippen LogP contribution in [0.4, 0.5) is 0 Å². The van der Waals surface area contributed by atoms with Crippen molar-refractivity contribution in [1.29, 1.82) is 0 Å². The van der Waals surface area contributed by atoms with Crippen molar-refractivity contribution in [2.75, 3.05) is 14.2 Å². The first-order valence-electron chi connectivity index (χ1n) is 3.35. The minimum atomic E-state index is -0.333. The summed E-state index contributed by atoms with van der Waals surface area (Å²) in [5, 5.41) is 0. The zero-order chi connectivity index (χ0) is 7.33. The van der Waals surface area contributed by atoms with E-state index in [0.717, 1.165) is 12.8 Å². The fourth-order valence-corrected chi connectivity index (χ4v) is 0.911. The van der Waals surface area contributed by atoms with Gasteiger partial charge in [0.15, 0.2) is 5.79 Å². The molecule has 2 heteroatoms. The summed E-state index contributed by atoms with van der Waals surface area (Å²) in [6.07, 6.45) is 1.80. The molecule has 0 atom stereocenters. The topological polar surface area (TPSA) is 18.5 Å².